The standard InChI is InChI=1S/C13H19N3O/c14-15-13(17)12(10-16-8-4-5-9-16)11-6-2-1-3-7-11/h1-3,6-7,12H,4-5,8-10,14H2,(H,15,17). The summed E-state index contributed by atoms with van der Waals surface area (Å²) in [5, 5.41) is 0. The third-order valence-corrected chi connectivity index (χ3v) is 3.30. The first-order valence-corrected chi connectivity index (χ1v) is 6.09. The molecule has 92 valence electrons. The Kier molecular flexibility index (Phi) is 4.12. The summed E-state index contributed by atoms with van der Waals surface area (Å²) in [5.41, 5.74) is 3.30. The summed E-state index contributed by atoms with van der Waals surface area (Å²) in [6, 6.07) is 9.83. The first-order chi connectivity index (χ1) is 8.31. The summed E-state index contributed by atoms with van der Waals surface area (Å²) in [6.07, 6.45) is 2.46. The molecule has 1 atom stereocenters. The number of hydrogen-bond donors (Lipinski definition) is 2. The fourth-order valence-electron chi connectivity index (χ4n) is 2.35. The molecule has 0 aliphatic carbocycles. The van der Waals surface area contributed by atoms with E-state index in [9.17, 15) is 4.79 Å². The third kappa shape index (κ3) is 3.05. The molecule has 1 heterocycles. The van der Waals surface area contributed by atoms with Gasteiger partial charge in [0, 0.05) is 6.54 Å². The van der Waals surface area contributed by atoms with Gasteiger partial charge in [-0.2, -0.15) is 0 Å². The molecule has 1 aromatic carbocycles. The van der Waals surface area contributed by atoms with E-state index in [1.54, 1.807) is 0 Å². The average Bonchev–Trinajstić information content (AvgIpc) is 2.89. The molecule has 3 N–H and O–H groups in total. The zero-order chi connectivity index (χ0) is 12.1. The predicted molar refractivity (Wildman–Crippen MR) is 67.2 cm³/mol. The maximum absolute atomic E-state index is 11.8. The lowest BCUT2D eigenvalue weighted by molar-refractivity contribution is -0.123. The lowest BCUT2D eigenvalue weighted by Gasteiger charge is -2.22. The van der Waals surface area contributed by atoms with Crippen molar-refractivity contribution in [1.29, 1.82) is 0 Å². The Labute approximate surface area is 102 Å². The van der Waals surface area contributed by atoms with Crippen molar-refractivity contribution >= 4 is 5.91 Å². The highest BCUT2D eigenvalue weighted by Crippen LogP contribution is 2.19. The molecule has 1 aliphatic rings. The number of hydrogen-bond acceptors (Lipinski definition) is 3. The Morgan fingerprint density at radius 3 is 2.53 bits per heavy atom. The maximum Gasteiger partial charge on any atom is 0.242 e. The Hall–Kier alpha value is -1.39. The Balaban J connectivity index is 2.10. The normalized spacial score (nSPS) is 17.9. The summed E-state index contributed by atoms with van der Waals surface area (Å²) in [6.45, 7) is 2.93. The maximum atomic E-state index is 11.8. The molecule has 1 fully saturated rings. The molecular formula is C13H19N3O. The van der Waals surface area contributed by atoms with E-state index in [0.717, 1.165) is 25.2 Å². The van der Waals surface area contributed by atoms with Gasteiger partial charge < -0.3 is 4.90 Å². The number of likely N-dealkylation sites (tertiary alicyclic amines) is 1. The zero-order valence-corrected chi connectivity index (χ0v) is 9.93. The summed E-state index contributed by atoms with van der Waals surface area (Å²) in [5.74, 6) is 4.99. The number of carbonyl (C=O) groups excluding carboxylic acids is 1. The molecule has 4 heteroatoms. The van der Waals surface area contributed by atoms with Crippen molar-refractivity contribution in [1.82, 2.24) is 10.3 Å². The third-order valence-electron chi connectivity index (χ3n) is 3.30. The quantitative estimate of drug-likeness (QED) is 0.460. The van der Waals surface area contributed by atoms with Gasteiger partial charge >= 0.3 is 0 Å². The van der Waals surface area contributed by atoms with Crippen molar-refractivity contribution < 1.29 is 4.79 Å². The number of benzene rings is 1. The molecule has 1 saturated heterocycles. The van der Waals surface area contributed by atoms with Crippen LogP contribution in [0.1, 0.15) is 24.3 Å². The second-order valence-electron chi connectivity index (χ2n) is 4.48. The monoisotopic (exact) mass is 233 g/mol. The molecule has 1 aliphatic heterocycles. The highest BCUT2D eigenvalue weighted by atomic mass is 16.2. The fraction of sp³-hybridized carbons (Fsp3) is 0.462. The highest BCUT2D eigenvalue weighted by Gasteiger charge is 2.24. The molecule has 17 heavy (non-hydrogen) atoms. The Bertz CT molecular complexity index is 360. The second-order valence-corrected chi connectivity index (χ2v) is 4.48. The van der Waals surface area contributed by atoms with Crippen LogP contribution < -0.4 is 11.3 Å². The van der Waals surface area contributed by atoms with Crippen molar-refractivity contribution in [3.63, 3.8) is 0 Å². The number of nitrogens with two attached hydrogens (primary N) is 1. The summed E-state index contributed by atoms with van der Waals surface area (Å²) in [4.78, 5) is 14.2. The largest absolute Gasteiger partial charge is 0.302 e. The SMILES string of the molecule is NNC(=O)C(CN1CCCC1)c1ccccc1. The molecule has 1 aromatic rings. The average molecular weight is 233 g/mol. The molecule has 2 rings (SSSR count). The van der Waals surface area contributed by atoms with Crippen LogP contribution in [-0.4, -0.2) is 30.4 Å². The molecule has 1 amide bonds. The van der Waals surface area contributed by atoms with Crippen LogP contribution in [0, 0.1) is 0 Å². The Morgan fingerprint density at radius 1 is 1.29 bits per heavy atom. The van der Waals surface area contributed by atoms with Crippen molar-refractivity contribution in [2.75, 3.05) is 19.6 Å². The van der Waals surface area contributed by atoms with E-state index in [1.165, 1.54) is 12.8 Å². The van der Waals surface area contributed by atoms with Crippen LogP contribution in [0.5, 0.6) is 0 Å². The van der Waals surface area contributed by atoms with E-state index in [2.05, 4.69) is 10.3 Å². The number of nitrogens with one attached hydrogen (secondary N) is 1. The topological polar surface area (TPSA) is 58.4 Å². The predicted octanol–water partition coefficient (Wildman–Crippen LogP) is 0.856. The van der Waals surface area contributed by atoms with Crippen LogP contribution >= 0.6 is 0 Å². The number of hydrazine groups is 1. The summed E-state index contributed by atoms with van der Waals surface area (Å²) >= 11 is 0. The molecule has 0 spiro atoms. The van der Waals surface area contributed by atoms with Gasteiger partial charge in [0.25, 0.3) is 0 Å². The minimum absolute atomic E-state index is 0.108. The minimum Gasteiger partial charge on any atom is -0.302 e. The zero-order valence-electron chi connectivity index (χ0n) is 9.93. The van der Waals surface area contributed by atoms with Gasteiger partial charge in [0.05, 0.1) is 5.92 Å². The van der Waals surface area contributed by atoms with Gasteiger partial charge in [-0.3, -0.25) is 10.2 Å². The molecule has 0 radical (unpaired) electrons. The van der Waals surface area contributed by atoms with Gasteiger partial charge in [0.2, 0.25) is 5.91 Å². The van der Waals surface area contributed by atoms with Crippen LogP contribution in [-0.2, 0) is 4.79 Å². The highest BCUT2D eigenvalue weighted by molar-refractivity contribution is 5.83. The lowest BCUT2D eigenvalue weighted by atomic mass is 9.98. The van der Waals surface area contributed by atoms with E-state index in [1.807, 2.05) is 30.3 Å². The number of nitrogens with zero attached hydrogens (tertiary/aromatic N) is 1. The lowest BCUT2D eigenvalue weighted by Crippen LogP contribution is -2.39. The van der Waals surface area contributed by atoms with Crippen LogP contribution in [0.2, 0.25) is 0 Å². The van der Waals surface area contributed by atoms with Crippen LogP contribution in [0.4, 0.5) is 0 Å². The first-order valence-electron chi connectivity index (χ1n) is 6.09. The Morgan fingerprint density at radius 2 is 1.94 bits per heavy atom. The van der Waals surface area contributed by atoms with Crippen molar-refractivity contribution in [2.24, 2.45) is 5.84 Å². The van der Waals surface area contributed by atoms with Gasteiger partial charge in [0.15, 0.2) is 0 Å². The smallest absolute Gasteiger partial charge is 0.242 e. The molecule has 0 aromatic heterocycles. The molecule has 4 nitrogen and oxygen atoms in total. The minimum atomic E-state index is -0.167. The number of carbonyl (C=O) groups is 1. The first kappa shape index (κ1) is 12.1. The number of amides is 1. The number of rotatable bonds is 4. The van der Waals surface area contributed by atoms with E-state index >= 15 is 0 Å². The van der Waals surface area contributed by atoms with E-state index in [0.29, 0.717) is 0 Å². The van der Waals surface area contributed by atoms with Gasteiger partial charge in [-0.25, -0.2) is 5.84 Å². The molecule has 0 bridgehead atoms. The van der Waals surface area contributed by atoms with E-state index in [4.69, 9.17) is 5.84 Å². The van der Waals surface area contributed by atoms with Crippen LogP contribution in [0.3, 0.4) is 0 Å². The molecule has 1 unspecified atom stereocenters. The fourth-order valence-corrected chi connectivity index (χ4v) is 2.35. The van der Waals surface area contributed by atoms with Gasteiger partial charge in [0.1, 0.15) is 0 Å². The van der Waals surface area contributed by atoms with E-state index < -0.39 is 0 Å². The van der Waals surface area contributed by atoms with Gasteiger partial charge in [-0.1, -0.05) is 30.3 Å². The molecule has 0 saturated carbocycles. The van der Waals surface area contributed by atoms with Gasteiger partial charge in [-0.15, -0.1) is 0 Å². The van der Waals surface area contributed by atoms with Crippen LogP contribution in [0.15, 0.2) is 30.3 Å². The van der Waals surface area contributed by atoms with Gasteiger partial charge in [-0.05, 0) is 31.5 Å². The van der Waals surface area contributed by atoms with Crippen molar-refractivity contribution in [2.45, 2.75) is 18.8 Å². The summed E-state index contributed by atoms with van der Waals surface area (Å²) in [7, 11) is 0. The van der Waals surface area contributed by atoms with E-state index in [-0.39, 0.29) is 11.8 Å². The molecular weight excluding hydrogens is 214 g/mol. The van der Waals surface area contributed by atoms with Crippen LogP contribution in [0.25, 0.3) is 0 Å². The second kappa shape index (κ2) is 5.80. The summed E-state index contributed by atoms with van der Waals surface area (Å²) < 4.78 is 0. The van der Waals surface area contributed by atoms with Crippen molar-refractivity contribution in [3.05, 3.63) is 35.9 Å². The van der Waals surface area contributed by atoms with Crippen molar-refractivity contribution in [3.8, 4) is 0 Å².